The van der Waals surface area contributed by atoms with Crippen molar-refractivity contribution in [3.05, 3.63) is 101 Å². The van der Waals surface area contributed by atoms with Crippen LogP contribution in [0.5, 0.6) is 11.5 Å². The summed E-state index contributed by atoms with van der Waals surface area (Å²) >= 11 is 6.52. The van der Waals surface area contributed by atoms with Crippen molar-refractivity contribution < 1.29 is 23.3 Å². The second-order valence-corrected chi connectivity index (χ2v) is 11.1. The van der Waals surface area contributed by atoms with Crippen LogP contribution < -0.4 is 14.6 Å². The molecule has 2 unspecified atom stereocenters. The molecule has 3 aromatic carbocycles. The first-order chi connectivity index (χ1) is 20.8. The SMILES string of the molecule is C#CCc1ccc(CCC2CC(C(=O)Nc3ccc(Oc4ccc(F)cc4)cc3)N(C(=O)Cn3c[n+](C)cn3)C2)c(Cl)c1. The first-order valence-corrected chi connectivity index (χ1v) is 14.4. The molecule has 1 N–H and O–H groups in total. The number of carbonyl (C=O) groups excluding carboxylic acids is 2. The quantitative estimate of drug-likeness (QED) is 0.206. The molecule has 43 heavy (non-hydrogen) atoms. The van der Waals surface area contributed by atoms with E-state index in [2.05, 4.69) is 16.3 Å². The van der Waals surface area contributed by atoms with E-state index >= 15 is 0 Å². The molecule has 1 saturated heterocycles. The zero-order valence-corrected chi connectivity index (χ0v) is 24.5. The van der Waals surface area contributed by atoms with Gasteiger partial charge in [-0.3, -0.25) is 9.59 Å². The number of hydrogen-bond donors (Lipinski definition) is 1. The Hall–Kier alpha value is -4.68. The lowest BCUT2D eigenvalue weighted by Crippen LogP contribution is -2.44. The van der Waals surface area contributed by atoms with Gasteiger partial charge in [0.2, 0.25) is 12.2 Å². The van der Waals surface area contributed by atoms with Gasteiger partial charge in [-0.15, -0.1) is 17.0 Å². The Morgan fingerprint density at radius 2 is 1.86 bits per heavy atom. The normalized spacial score (nSPS) is 16.1. The molecule has 1 aromatic heterocycles. The summed E-state index contributed by atoms with van der Waals surface area (Å²) in [5.74, 6) is 3.01. The van der Waals surface area contributed by atoms with E-state index in [-0.39, 0.29) is 30.1 Å². The minimum Gasteiger partial charge on any atom is -0.457 e. The molecule has 0 spiro atoms. The van der Waals surface area contributed by atoms with Gasteiger partial charge in [0.15, 0.2) is 6.54 Å². The summed E-state index contributed by atoms with van der Waals surface area (Å²) in [7, 11) is 1.83. The Kier molecular flexibility index (Phi) is 9.38. The number of anilines is 1. The van der Waals surface area contributed by atoms with Crippen molar-refractivity contribution in [1.29, 1.82) is 0 Å². The summed E-state index contributed by atoms with van der Waals surface area (Å²) < 4.78 is 22.2. The van der Waals surface area contributed by atoms with E-state index in [4.69, 9.17) is 22.8 Å². The third kappa shape index (κ3) is 7.79. The molecule has 4 aromatic rings. The highest BCUT2D eigenvalue weighted by molar-refractivity contribution is 6.31. The first kappa shape index (κ1) is 29.8. The Bertz CT molecular complexity index is 1630. The van der Waals surface area contributed by atoms with Gasteiger partial charge in [-0.1, -0.05) is 23.7 Å². The van der Waals surface area contributed by atoms with Gasteiger partial charge in [-0.25, -0.2) is 8.96 Å². The molecule has 2 heterocycles. The van der Waals surface area contributed by atoms with Crippen molar-refractivity contribution in [2.75, 3.05) is 11.9 Å². The summed E-state index contributed by atoms with van der Waals surface area (Å²) in [5.41, 5.74) is 2.58. The highest BCUT2D eigenvalue weighted by Crippen LogP contribution is 2.31. The predicted octanol–water partition coefficient (Wildman–Crippen LogP) is 4.96. The molecule has 0 radical (unpaired) electrons. The van der Waals surface area contributed by atoms with Crippen molar-refractivity contribution in [3.63, 3.8) is 0 Å². The van der Waals surface area contributed by atoms with Crippen LogP contribution in [0.1, 0.15) is 24.0 Å². The zero-order valence-electron chi connectivity index (χ0n) is 23.7. The average Bonchev–Trinajstić information content (AvgIpc) is 3.61. The highest BCUT2D eigenvalue weighted by Gasteiger charge is 2.40. The fourth-order valence-corrected chi connectivity index (χ4v) is 5.53. The van der Waals surface area contributed by atoms with Gasteiger partial charge >= 0.3 is 0 Å². The number of nitrogens with one attached hydrogen (secondary N) is 1. The summed E-state index contributed by atoms with van der Waals surface area (Å²) in [6.07, 6.45) is 11.3. The third-order valence-corrected chi connectivity index (χ3v) is 7.77. The topological polar surface area (TPSA) is 80.3 Å². The summed E-state index contributed by atoms with van der Waals surface area (Å²) in [4.78, 5) is 28.6. The van der Waals surface area contributed by atoms with Gasteiger partial charge < -0.3 is 15.0 Å². The van der Waals surface area contributed by atoms with Crippen molar-refractivity contribution in [2.24, 2.45) is 13.0 Å². The molecule has 8 nitrogen and oxygen atoms in total. The lowest BCUT2D eigenvalue weighted by Gasteiger charge is -2.23. The van der Waals surface area contributed by atoms with Gasteiger partial charge in [-0.2, -0.15) is 0 Å². The molecule has 0 bridgehead atoms. The lowest BCUT2D eigenvalue weighted by molar-refractivity contribution is -0.672. The number of aryl methyl sites for hydroxylation is 2. The van der Waals surface area contributed by atoms with Gasteiger partial charge in [0.05, 0.1) is 7.05 Å². The maximum Gasteiger partial charge on any atom is 0.264 e. The summed E-state index contributed by atoms with van der Waals surface area (Å²) in [6, 6.07) is 17.9. The zero-order chi connectivity index (χ0) is 30.3. The van der Waals surface area contributed by atoms with Crippen molar-refractivity contribution in [2.45, 2.75) is 38.3 Å². The Morgan fingerprint density at radius 1 is 1.14 bits per heavy atom. The number of amides is 2. The molecule has 220 valence electrons. The van der Waals surface area contributed by atoms with Crippen molar-refractivity contribution in [1.82, 2.24) is 14.7 Å². The summed E-state index contributed by atoms with van der Waals surface area (Å²) in [6.45, 7) is 0.497. The van der Waals surface area contributed by atoms with Gasteiger partial charge in [0.25, 0.3) is 12.2 Å². The standard InChI is InChI=1S/C33H31ClFN5O3/c1-3-4-23-5-7-25(30(34)17-23)8-6-24-18-31(40(19-24)32(41)20-39-22-38(2)21-36-39)33(42)37-27-11-15-29(16-12-27)43-28-13-9-26(35)10-14-28/h1,5,7,9-17,21-22,24,31H,4,6,8,18-20H2,2H3/p+1. The number of hydrogen-bond acceptors (Lipinski definition) is 4. The van der Waals surface area contributed by atoms with Crippen LogP contribution in [0.3, 0.4) is 0 Å². The van der Waals surface area contributed by atoms with Gasteiger partial charge in [0, 0.05) is 28.8 Å². The van der Waals surface area contributed by atoms with Crippen LogP contribution in [0, 0.1) is 24.1 Å². The first-order valence-electron chi connectivity index (χ1n) is 14.0. The molecule has 0 saturated carbocycles. The van der Waals surface area contributed by atoms with Crippen LogP contribution in [0.2, 0.25) is 5.02 Å². The van der Waals surface area contributed by atoms with E-state index in [1.165, 1.54) is 12.1 Å². The number of halogens is 2. The Balaban J connectivity index is 1.25. The molecule has 1 fully saturated rings. The monoisotopic (exact) mass is 600 g/mol. The Labute approximate surface area is 255 Å². The number of ether oxygens (including phenoxy) is 1. The smallest absolute Gasteiger partial charge is 0.264 e. The van der Waals surface area contributed by atoms with E-state index in [9.17, 15) is 14.0 Å². The van der Waals surface area contributed by atoms with Crippen LogP contribution in [0.15, 0.2) is 79.4 Å². The maximum absolute atomic E-state index is 13.5. The van der Waals surface area contributed by atoms with Crippen molar-refractivity contribution in [3.8, 4) is 23.8 Å². The summed E-state index contributed by atoms with van der Waals surface area (Å²) in [5, 5.41) is 7.83. The third-order valence-electron chi connectivity index (χ3n) is 7.42. The second-order valence-electron chi connectivity index (χ2n) is 10.7. The fraction of sp³-hybridized carbons (Fsp3) is 0.273. The van der Waals surface area contributed by atoms with E-state index in [0.29, 0.717) is 41.6 Å². The minimum absolute atomic E-state index is 0.0369. The van der Waals surface area contributed by atoms with E-state index in [1.807, 2.05) is 25.2 Å². The molecule has 1 aliphatic heterocycles. The average molecular weight is 601 g/mol. The molecular formula is C33H32ClFN5O3+. The minimum atomic E-state index is -0.634. The maximum atomic E-state index is 13.5. The number of aromatic nitrogens is 3. The molecule has 1 aliphatic rings. The fourth-order valence-electron chi connectivity index (χ4n) is 5.24. The van der Waals surface area contributed by atoms with Crippen LogP contribution in [0.25, 0.3) is 0 Å². The van der Waals surface area contributed by atoms with E-state index < -0.39 is 6.04 Å². The number of terminal acetylenes is 1. The number of nitrogens with zero attached hydrogens (tertiary/aromatic N) is 4. The molecule has 0 aliphatic carbocycles. The number of carbonyl (C=O) groups is 2. The van der Waals surface area contributed by atoms with Crippen molar-refractivity contribution >= 4 is 29.1 Å². The lowest BCUT2D eigenvalue weighted by atomic mass is 9.96. The highest BCUT2D eigenvalue weighted by atomic mass is 35.5. The predicted molar refractivity (Wildman–Crippen MR) is 161 cm³/mol. The van der Waals surface area contributed by atoms with Gasteiger partial charge in [-0.05, 0) is 90.9 Å². The second kappa shape index (κ2) is 13.5. The molecule has 2 atom stereocenters. The largest absolute Gasteiger partial charge is 0.457 e. The molecule has 5 rings (SSSR count). The van der Waals surface area contributed by atoms with E-state index in [1.54, 1.807) is 63.2 Å². The molecule has 10 heteroatoms. The van der Waals surface area contributed by atoms with Crippen LogP contribution in [-0.4, -0.2) is 39.1 Å². The number of benzene rings is 3. The van der Waals surface area contributed by atoms with Crippen LogP contribution >= 0.6 is 11.6 Å². The van der Waals surface area contributed by atoms with Gasteiger partial charge in [0.1, 0.15) is 23.4 Å². The molecule has 2 amide bonds. The van der Waals surface area contributed by atoms with Crippen LogP contribution in [-0.2, 0) is 36.0 Å². The van der Waals surface area contributed by atoms with E-state index in [0.717, 1.165) is 24.0 Å². The van der Waals surface area contributed by atoms with Crippen LogP contribution in [0.4, 0.5) is 10.1 Å². The molecular weight excluding hydrogens is 569 g/mol. The Morgan fingerprint density at radius 3 is 2.51 bits per heavy atom. The number of likely N-dealkylation sites (tertiary alicyclic amines) is 1. The number of rotatable bonds is 10.